The number of rotatable bonds is 1. The van der Waals surface area contributed by atoms with Crippen LogP contribution in [-0.4, -0.2) is 23.4 Å². The van der Waals surface area contributed by atoms with E-state index in [-0.39, 0.29) is 11.9 Å². The molecule has 1 amide bonds. The Balaban J connectivity index is 2.35. The molecule has 0 radical (unpaired) electrons. The van der Waals surface area contributed by atoms with Crippen molar-refractivity contribution in [3.05, 3.63) is 48.0 Å². The van der Waals surface area contributed by atoms with Crippen LogP contribution in [0.3, 0.4) is 0 Å². The monoisotopic (exact) mass is 229 g/mol. The minimum Gasteiger partial charge on any atom is -0.336 e. The molecule has 0 spiro atoms. The minimum absolute atomic E-state index is 0.0390. The number of carbonyl (C=O) groups is 1. The lowest BCUT2D eigenvalue weighted by molar-refractivity contribution is -0.128. The Morgan fingerprint density at radius 3 is 2.82 bits per heavy atom. The molecule has 1 aromatic rings. The summed E-state index contributed by atoms with van der Waals surface area (Å²) >= 11 is 0. The Bertz CT molecular complexity index is 438. The molecule has 0 saturated heterocycles. The fourth-order valence-corrected chi connectivity index (χ4v) is 2.61. The number of hydrogen-bond acceptors (Lipinski definition) is 1. The summed E-state index contributed by atoms with van der Waals surface area (Å²) in [6.07, 6.45) is 2.35. The van der Waals surface area contributed by atoms with E-state index in [4.69, 9.17) is 0 Å². The second-order valence-electron chi connectivity index (χ2n) is 4.71. The van der Waals surface area contributed by atoms with Crippen molar-refractivity contribution in [3.63, 3.8) is 0 Å². The molecule has 0 unspecified atom stereocenters. The largest absolute Gasteiger partial charge is 0.336 e. The van der Waals surface area contributed by atoms with Crippen LogP contribution >= 0.6 is 0 Å². The number of hydrogen-bond donors (Lipinski definition) is 0. The van der Waals surface area contributed by atoms with Gasteiger partial charge in [0.1, 0.15) is 0 Å². The van der Waals surface area contributed by atoms with Gasteiger partial charge in [-0.25, -0.2) is 0 Å². The van der Waals surface area contributed by atoms with Gasteiger partial charge >= 0.3 is 0 Å². The molecular weight excluding hydrogens is 210 g/mol. The first kappa shape index (κ1) is 11.9. The van der Waals surface area contributed by atoms with E-state index in [0.717, 1.165) is 13.0 Å². The van der Waals surface area contributed by atoms with Crippen LogP contribution in [0.5, 0.6) is 0 Å². The van der Waals surface area contributed by atoms with Crippen LogP contribution in [0.15, 0.2) is 36.9 Å². The number of fused-ring (bicyclic) bond motifs is 1. The van der Waals surface area contributed by atoms with Gasteiger partial charge in [0.05, 0.1) is 0 Å². The van der Waals surface area contributed by atoms with E-state index >= 15 is 0 Å². The quantitative estimate of drug-likeness (QED) is 0.678. The van der Waals surface area contributed by atoms with Gasteiger partial charge in [-0.3, -0.25) is 4.79 Å². The highest BCUT2D eigenvalue weighted by Crippen LogP contribution is 2.29. The van der Waals surface area contributed by atoms with Gasteiger partial charge in [0.25, 0.3) is 0 Å². The summed E-state index contributed by atoms with van der Waals surface area (Å²) in [5.41, 5.74) is 2.74. The first-order chi connectivity index (χ1) is 8.15. The summed E-state index contributed by atoms with van der Waals surface area (Å²) in [7, 11) is 0. The third-order valence-electron chi connectivity index (χ3n) is 3.84. The second-order valence-corrected chi connectivity index (χ2v) is 4.71. The minimum atomic E-state index is 0.0390. The van der Waals surface area contributed by atoms with Crippen molar-refractivity contribution < 1.29 is 4.79 Å². The molecule has 0 aliphatic carbocycles. The molecule has 1 aromatic carbocycles. The second kappa shape index (κ2) is 4.74. The normalized spacial score (nSPS) is 23.8. The van der Waals surface area contributed by atoms with Crippen LogP contribution in [0.25, 0.3) is 0 Å². The standard InChI is InChI=1S/C15H19NO/c1-4-15(17)16-10-9-13-7-5-6-8-14(13)11(2)12(16)3/h4-8,11-12H,1,9-10H2,2-3H3/t11-,12-/m1/s1. The SMILES string of the molecule is C=CC(=O)N1CCc2ccccc2[C@H](C)[C@H]1C. The maximum Gasteiger partial charge on any atom is 0.246 e. The molecule has 2 heteroatoms. The summed E-state index contributed by atoms with van der Waals surface area (Å²) in [6, 6.07) is 8.72. The predicted octanol–water partition coefficient (Wildman–Crippen LogP) is 2.75. The Labute approximate surface area is 103 Å². The molecule has 1 aliphatic rings. The van der Waals surface area contributed by atoms with E-state index < -0.39 is 0 Å². The van der Waals surface area contributed by atoms with Crippen molar-refractivity contribution >= 4 is 5.91 Å². The predicted molar refractivity (Wildman–Crippen MR) is 69.9 cm³/mol. The van der Waals surface area contributed by atoms with Crippen LogP contribution in [0.4, 0.5) is 0 Å². The van der Waals surface area contributed by atoms with E-state index in [0.29, 0.717) is 5.92 Å². The van der Waals surface area contributed by atoms with E-state index in [1.807, 2.05) is 4.90 Å². The summed E-state index contributed by atoms with van der Waals surface area (Å²) in [4.78, 5) is 13.8. The van der Waals surface area contributed by atoms with Crippen LogP contribution in [0.2, 0.25) is 0 Å². The smallest absolute Gasteiger partial charge is 0.246 e. The number of carbonyl (C=O) groups excluding carboxylic acids is 1. The maximum atomic E-state index is 11.8. The van der Waals surface area contributed by atoms with Gasteiger partial charge in [-0.1, -0.05) is 37.8 Å². The van der Waals surface area contributed by atoms with Gasteiger partial charge in [-0.2, -0.15) is 0 Å². The molecule has 0 fully saturated rings. The average Bonchev–Trinajstić information content (AvgIpc) is 2.49. The fraction of sp³-hybridized carbons (Fsp3) is 0.400. The van der Waals surface area contributed by atoms with Crippen molar-refractivity contribution in [3.8, 4) is 0 Å². The maximum absolute atomic E-state index is 11.8. The van der Waals surface area contributed by atoms with Crippen molar-refractivity contribution in [1.82, 2.24) is 4.90 Å². The van der Waals surface area contributed by atoms with Gasteiger partial charge in [0, 0.05) is 18.5 Å². The van der Waals surface area contributed by atoms with Crippen molar-refractivity contribution in [2.24, 2.45) is 0 Å². The first-order valence-electron chi connectivity index (χ1n) is 6.16. The van der Waals surface area contributed by atoms with Crippen molar-refractivity contribution in [2.45, 2.75) is 32.2 Å². The topological polar surface area (TPSA) is 20.3 Å². The highest BCUT2D eigenvalue weighted by atomic mass is 16.2. The molecule has 17 heavy (non-hydrogen) atoms. The number of benzene rings is 1. The van der Waals surface area contributed by atoms with E-state index in [1.165, 1.54) is 17.2 Å². The number of nitrogens with zero attached hydrogens (tertiary/aromatic N) is 1. The zero-order chi connectivity index (χ0) is 12.4. The van der Waals surface area contributed by atoms with Gasteiger partial charge in [-0.05, 0) is 30.5 Å². The summed E-state index contributed by atoms with van der Waals surface area (Å²) in [5.74, 6) is 0.412. The van der Waals surface area contributed by atoms with Gasteiger partial charge in [-0.15, -0.1) is 0 Å². The summed E-state index contributed by atoms with van der Waals surface area (Å²) < 4.78 is 0. The lowest BCUT2D eigenvalue weighted by Gasteiger charge is -2.30. The molecule has 0 saturated carbocycles. The lowest BCUT2D eigenvalue weighted by atomic mass is 9.91. The Kier molecular flexibility index (Phi) is 3.32. The van der Waals surface area contributed by atoms with Crippen LogP contribution in [-0.2, 0) is 11.2 Å². The highest BCUT2D eigenvalue weighted by molar-refractivity contribution is 5.87. The molecule has 1 heterocycles. The molecule has 0 bridgehead atoms. The third kappa shape index (κ3) is 2.12. The van der Waals surface area contributed by atoms with Crippen molar-refractivity contribution in [2.75, 3.05) is 6.54 Å². The molecule has 2 nitrogen and oxygen atoms in total. The Morgan fingerprint density at radius 1 is 1.41 bits per heavy atom. The van der Waals surface area contributed by atoms with Gasteiger partial charge < -0.3 is 4.90 Å². The van der Waals surface area contributed by atoms with Crippen LogP contribution in [0, 0.1) is 0 Å². The Hall–Kier alpha value is -1.57. The van der Waals surface area contributed by atoms with Crippen LogP contribution < -0.4 is 0 Å². The van der Waals surface area contributed by atoms with E-state index in [1.54, 1.807) is 0 Å². The third-order valence-corrected chi connectivity index (χ3v) is 3.84. The molecule has 90 valence electrons. The molecule has 2 rings (SSSR count). The molecule has 2 atom stereocenters. The first-order valence-corrected chi connectivity index (χ1v) is 6.16. The fourth-order valence-electron chi connectivity index (χ4n) is 2.61. The summed E-state index contributed by atoms with van der Waals surface area (Å²) in [6.45, 7) is 8.68. The average molecular weight is 229 g/mol. The summed E-state index contributed by atoms with van der Waals surface area (Å²) in [5, 5.41) is 0. The van der Waals surface area contributed by atoms with Crippen molar-refractivity contribution in [1.29, 1.82) is 0 Å². The Morgan fingerprint density at radius 2 is 2.12 bits per heavy atom. The number of amides is 1. The van der Waals surface area contributed by atoms with E-state index in [9.17, 15) is 4.79 Å². The zero-order valence-corrected chi connectivity index (χ0v) is 10.5. The highest BCUT2D eigenvalue weighted by Gasteiger charge is 2.28. The van der Waals surface area contributed by atoms with E-state index in [2.05, 4.69) is 44.7 Å². The van der Waals surface area contributed by atoms with Crippen LogP contribution in [0.1, 0.15) is 30.9 Å². The molecule has 1 aliphatic heterocycles. The van der Waals surface area contributed by atoms with Gasteiger partial charge in [0.15, 0.2) is 0 Å². The van der Waals surface area contributed by atoms with Gasteiger partial charge in [0.2, 0.25) is 5.91 Å². The molecular formula is C15H19NO. The lowest BCUT2D eigenvalue weighted by Crippen LogP contribution is -2.40. The zero-order valence-electron chi connectivity index (χ0n) is 10.5. The molecule has 0 aromatic heterocycles. The molecule has 0 N–H and O–H groups in total.